The normalized spacial score (nSPS) is 32.2. The summed E-state index contributed by atoms with van der Waals surface area (Å²) in [6, 6.07) is 1.73. The van der Waals surface area contributed by atoms with Crippen LogP contribution in [-0.4, -0.2) is 25.8 Å². The molecular formula is C6H8N3O+. The topological polar surface area (TPSA) is 61.2 Å². The summed E-state index contributed by atoms with van der Waals surface area (Å²) in [5.41, 5.74) is 0. The van der Waals surface area contributed by atoms with E-state index in [1.54, 1.807) is 0 Å². The zero-order valence-electron chi connectivity index (χ0n) is 5.50. The Balaban J connectivity index is 2.54. The van der Waals surface area contributed by atoms with Crippen LogP contribution in [0, 0.1) is 22.8 Å². The summed E-state index contributed by atoms with van der Waals surface area (Å²) >= 11 is 0. The first-order valence-corrected chi connectivity index (χ1v) is 3.11. The zero-order chi connectivity index (χ0) is 7.40. The van der Waals surface area contributed by atoms with Gasteiger partial charge in [0.1, 0.15) is 19.2 Å². The number of quaternary nitrogens is 1. The first-order chi connectivity index (χ1) is 4.88. The molecule has 1 fully saturated rings. The Morgan fingerprint density at radius 2 is 2.30 bits per heavy atom. The molecule has 1 aliphatic rings. The van der Waals surface area contributed by atoms with E-state index in [1.807, 2.05) is 12.3 Å². The van der Waals surface area contributed by atoms with Gasteiger partial charge >= 0.3 is 6.19 Å². The molecule has 0 aliphatic carbocycles. The summed E-state index contributed by atoms with van der Waals surface area (Å²) in [6.45, 7) is 1.59. The number of ether oxygens (including phenoxy) is 1. The second-order valence-electron chi connectivity index (χ2n) is 2.14. The third-order valence-corrected chi connectivity index (χ3v) is 1.52. The van der Waals surface area contributed by atoms with Crippen molar-refractivity contribution in [2.24, 2.45) is 0 Å². The van der Waals surface area contributed by atoms with Crippen molar-refractivity contribution in [3.05, 3.63) is 0 Å². The predicted octanol–water partition coefficient (Wildman–Crippen LogP) is -1.73. The minimum absolute atomic E-state index is 0.293. The number of nitrogens with zero attached hydrogens (tertiary/aromatic N) is 2. The van der Waals surface area contributed by atoms with Crippen molar-refractivity contribution in [1.82, 2.24) is 0 Å². The molecule has 0 aromatic rings. The Kier molecular flexibility index (Phi) is 2.22. The van der Waals surface area contributed by atoms with Gasteiger partial charge < -0.3 is 4.74 Å². The van der Waals surface area contributed by atoms with Gasteiger partial charge in [0.2, 0.25) is 6.04 Å². The van der Waals surface area contributed by atoms with E-state index in [4.69, 9.17) is 15.3 Å². The van der Waals surface area contributed by atoms with E-state index in [0.29, 0.717) is 24.7 Å². The van der Waals surface area contributed by atoms with E-state index in [9.17, 15) is 0 Å². The maximum Gasteiger partial charge on any atom is 0.308 e. The molecule has 52 valence electrons. The van der Waals surface area contributed by atoms with Crippen LogP contribution in [0.25, 0.3) is 0 Å². The molecule has 0 radical (unpaired) electrons. The first kappa shape index (κ1) is 7.01. The Morgan fingerprint density at radius 3 is 2.80 bits per heavy atom. The van der Waals surface area contributed by atoms with Crippen LogP contribution in [0.3, 0.4) is 0 Å². The van der Waals surface area contributed by atoms with Crippen molar-refractivity contribution in [2.75, 3.05) is 19.8 Å². The molecule has 0 amide bonds. The van der Waals surface area contributed by atoms with Crippen molar-refractivity contribution < 1.29 is 9.64 Å². The molecule has 4 heteroatoms. The lowest BCUT2D eigenvalue weighted by Crippen LogP contribution is -3.14. The predicted molar refractivity (Wildman–Crippen MR) is 31.7 cm³/mol. The number of nitriles is 2. The van der Waals surface area contributed by atoms with Gasteiger partial charge in [-0.2, -0.15) is 5.26 Å². The fraction of sp³-hybridized carbons (Fsp3) is 0.667. The lowest BCUT2D eigenvalue weighted by atomic mass is 10.3. The van der Waals surface area contributed by atoms with Gasteiger partial charge in [-0.1, -0.05) is 0 Å². The van der Waals surface area contributed by atoms with Crippen LogP contribution < -0.4 is 4.90 Å². The van der Waals surface area contributed by atoms with Crippen molar-refractivity contribution in [3.63, 3.8) is 0 Å². The van der Waals surface area contributed by atoms with Gasteiger partial charge in [0.05, 0.1) is 6.61 Å². The summed E-state index contributed by atoms with van der Waals surface area (Å²) in [5.74, 6) is 0. The average Bonchev–Trinajstić information content (AvgIpc) is 2.04. The summed E-state index contributed by atoms with van der Waals surface area (Å²) in [5, 5.41) is 17.0. The maximum atomic E-state index is 8.50. The molecule has 0 spiro atoms. The van der Waals surface area contributed by atoms with Gasteiger partial charge in [-0.3, -0.25) is 0 Å². The van der Waals surface area contributed by atoms with Crippen LogP contribution in [0.1, 0.15) is 0 Å². The molecule has 1 saturated heterocycles. The van der Waals surface area contributed by atoms with E-state index < -0.39 is 0 Å². The molecule has 0 aromatic carbocycles. The van der Waals surface area contributed by atoms with Crippen LogP contribution in [0.5, 0.6) is 0 Å². The molecule has 10 heavy (non-hydrogen) atoms. The lowest BCUT2D eigenvalue weighted by Gasteiger charge is -2.20. The quantitative estimate of drug-likeness (QED) is 0.405. The molecule has 0 saturated carbocycles. The van der Waals surface area contributed by atoms with Crippen LogP contribution in [0.4, 0.5) is 0 Å². The number of hydrogen-bond acceptors (Lipinski definition) is 3. The van der Waals surface area contributed by atoms with Gasteiger partial charge in [0, 0.05) is 0 Å². The lowest BCUT2D eigenvalue weighted by molar-refractivity contribution is -0.860. The molecule has 1 aliphatic heterocycles. The highest BCUT2D eigenvalue weighted by molar-refractivity contribution is 4.85. The van der Waals surface area contributed by atoms with Gasteiger partial charge in [0.15, 0.2) is 0 Å². The molecule has 1 rings (SSSR count). The highest BCUT2D eigenvalue weighted by Gasteiger charge is 2.26. The average molecular weight is 138 g/mol. The fourth-order valence-electron chi connectivity index (χ4n) is 0.907. The fourth-order valence-corrected chi connectivity index (χ4v) is 0.907. The number of hydrogen-bond donors (Lipinski definition) is 1. The van der Waals surface area contributed by atoms with Crippen LogP contribution >= 0.6 is 0 Å². The van der Waals surface area contributed by atoms with E-state index >= 15 is 0 Å². The van der Waals surface area contributed by atoms with Crippen molar-refractivity contribution in [3.8, 4) is 12.3 Å². The van der Waals surface area contributed by atoms with Gasteiger partial charge in [-0.05, 0) is 0 Å². The highest BCUT2D eigenvalue weighted by Crippen LogP contribution is 1.83. The third-order valence-electron chi connectivity index (χ3n) is 1.52. The Bertz CT molecular complexity index is 168. The van der Waals surface area contributed by atoms with Crippen molar-refractivity contribution >= 4 is 0 Å². The van der Waals surface area contributed by atoms with Crippen LogP contribution in [0.15, 0.2) is 0 Å². The third kappa shape index (κ3) is 1.24. The van der Waals surface area contributed by atoms with Crippen LogP contribution in [-0.2, 0) is 4.74 Å². The minimum Gasteiger partial charge on any atom is -0.368 e. The second-order valence-corrected chi connectivity index (χ2v) is 2.14. The molecular weight excluding hydrogens is 130 g/mol. The largest absolute Gasteiger partial charge is 0.368 e. The standard InChI is InChI=1S/C6H7N3O/c7-3-6-4-10-2-1-9(6)5-8/h6H,1-2,4H2/p+1. The monoisotopic (exact) mass is 138 g/mol. The van der Waals surface area contributed by atoms with E-state index in [1.165, 1.54) is 0 Å². The maximum absolute atomic E-state index is 8.50. The molecule has 4 nitrogen and oxygen atoms in total. The smallest absolute Gasteiger partial charge is 0.308 e. The zero-order valence-corrected chi connectivity index (χ0v) is 5.50. The molecule has 2 atom stereocenters. The second kappa shape index (κ2) is 3.17. The number of morpholine rings is 1. The molecule has 2 unspecified atom stereocenters. The van der Waals surface area contributed by atoms with E-state index in [2.05, 4.69) is 0 Å². The molecule has 0 bridgehead atoms. The van der Waals surface area contributed by atoms with Gasteiger partial charge in [0.25, 0.3) is 0 Å². The Labute approximate surface area is 59.2 Å². The SMILES string of the molecule is N#CC1COCC[NH+]1C#N. The van der Waals surface area contributed by atoms with E-state index in [0.717, 1.165) is 0 Å². The summed E-state index contributed by atoms with van der Waals surface area (Å²) in [4.78, 5) is 0.661. The molecule has 1 heterocycles. The molecule has 1 N–H and O–H groups in total. The summed E-state index contributed by atoms with van der Waals surface area (Å²) in [6.07, 6.45) is 2.02. The number of rotatable bonds is 0. The van der Waals surface area contributed by atoms with Crippen molar-refractivity contribution in [1.29, 1.82) is 10.5 Å². The Morgan fingerprint density at radius 1 is 1.50 bits per heavy atom. The summed E-state index contributed by atoms with van der Waals surface area (Å²) < 4.78 is 5.01. The Hall–Kier alpha value is -1.10. The van der Waals surface area contributed by atoms with Crippen molar-refractivity contribution in [2.45, 2.75) is 6.04 Å². The number of nitrogens with one attached hydrogen (secondary N) is 1. The highest BCUT2D eigenvalue weighted by atomic mass is 16.5. The van der Waals surface area contributed by atoms with Crippen LogP contribution in [0.2, 0.25) is 0 Å². The van der Waals surface area contributed by atoms with Gasteiger partial charge in [-0.25, -0.2) is 4.90 Å². The first-order valence-electron chi connectivity index (χ1n) is 3.11. The molecule has 0 aromatic heterocycles. The van der Waals surface area contributed by atoms with E-state index in [-0.39, 0.29) is 6.04 Å². The van der Waals surface area contributed by atoms with Gasteiger partial charge in [-0.15, -0.1) is 5.26 Å². The minimum atomic E-state index is -0.293. The summed E-state index contributed by atoms with van der Waals surface area (Å²) in [7, 11) is 0.